The number of piperazine rings is 1. The molecule has 9 nitrogen and oxygen atoms in total. The molecule has 1 atom stereocenters. The molecule has 3 aromatic rings. The molecule has 0 bridgehead atoms. The Balaban J connectivity index is 1.34. The Hall–Kier alpha value is -3.85. The van der Waals surface area contributed by atoms with Crippen molar-refractivity contribution in [2.24, 2.45) is 0 Å². The quantitative estimate of drug-likeness (QED) is 0.385. The summed E-state index contributed by atoms with van der Waals surface area (Å²) in [6.07, 6.45) is 6.23. The number of aromatic nitrogens is 2. The molecule has 1 aromatic heterocycles. The fourth-order valence-corrected chi connectivity index (χ4v) is 6.13. The first-order valence-electron chi connectivity index (χ1n) is 13.9. The summed E-state index contributed by atoms with van der Waals surface area (Å²) in [5.74, 6) is 2.16. The maximum absolute atomic E-state index is 10.8. The van der Waals surface area contributed by atoms with E-state index in [1.54, 1.807) is 6.08 Å². The number of nitrogens with zero attached hydrogens (tertiary/aromatic N) is 7. The predicted molar refractivity (Wildman–Crippen MR) is 156 cm³/mol. The molecule has 204 valence electrons. The van der Waals surface area contributed by atoms with Crippen molar-refractivity contribution in [1.82, 2.24) is 19.8 Å². The molecule has 1 N–H and O–H groups in total. The molecule has 0 spiro atoms. The van der Waals surface area contributed by atoms with Gasteiger partial charge in [-0.2, -0.15) is 4.98 Å². The molecular weight excluding hydrogens is 490 g/mol. The van der Waals surface area contributed by atoms with Crippen molar-refractivity contribution < 1.29 is 9.90 Å². The number of benzene rings is 2. The smallest absolute Gasteiger partial charge is 0.227 e. The molecule has 0 aliphatic carbocycles. The molecular formula is C30H37N7O2. The van der Waals surface area contributed by atoms with Gasteiger partial charge in [-0.1, -0.05) is 24.3 Å². The summed E-state index contributed by atoms with van der Waals surface area (Å²) in [6, 6.07) is 12.4. The maximum atomic E-state index is 10.8. The summed E-state index contributed by atoms with van der Waals surface area (Å²) < 4.78 is 0. The van der Waals surface area contributed by atoms with Crippen molar-refractivity contribution in [3.63, 3.8) is 0 Å². The first kappa shape index (κ1) is 25.4. The van der Waals surface area contributed by atoms with Gasteiger partial charge in [-0.3, -0.25) is 4.79 Å². The summed E-state index contributed by atoms with van der Waals surface area (Å²) in [5.41, 5.74) is 3.35. The van der Waals surface area contributed by atoms with E-state index in [4.69, 9.17) is 9.97 Å². The van der Waals surface area contributed by atoms with Crippen LogP contribution in [-0.2, 0) is 17.8 Å². The zero-order valence-corrected chi connectivity index (χ0v) is 22.8. The van der Waals surface area contributed by atoms with Gasteiger partial charge in [0.2, 0.25) is 5.95 Å². The maximum Gasteiger partial charge on any atom is 0.227 e. The molecule has 9 heteroatoms. The van der Waals surface area contributed by atoms with Crippen molar-refractivity contribution in [2.45, 2.75) is 25.4 Å². The lowest BCUT2D eigenvalue weighted by molar-refractivity contribution is -0.104. The van der Waals surface area contributed by atoms with Gasteiger partial charge in [0.15, 0.2) is 0 Å². The van der Waals surface area contributed by atoms with Crippen LogP contribution in [0.3, 0.4) is 0 Å². The zero-order valence-electron chi connectivity index (χ0n) is 22.8. The number of phenolic OH excluding ortho intramolecular Hbond substituents is 1. The van der Waals surface area contributed by atoms with Gasteiger partial charge < -0.3 is 29.6 Å². The van der Waals surface area contributed by atoms with E-state index in [1.807, 2.05) is 30.5 Å². The molecule has 2 fully saturated rings. The van der Waals surface area contributed by atoms with E-state index in [9.17, 15) is 9.90 Å². The highest BCUT2D eigenvalue weighted by atomic mass is 16.3. The van der Waals surface area contributed by atoms with Crippen molar-refractivity contribution in [3.05, 3.63) is 59.9 Å². The van der Waals surface area contributed by atoms with Crippen LogP contribution in [-0.4, -0.2) is 97.1 Å². The first-order chi connectivity index (χ1) is 19.0. The number of rotatable bonds is 6. The molecule has 6 rings (SSSR count). The summed E-state index contributed by atoms with van der Waals surface area (Å²) in [7, 11) is 4.28. The number of carbonyl (C=O) groups is 1. The Morgan fingerprint density at radius 1 is 0.974 bits per heavy atom. The lowest BCUT2D eigenvalue weighted by atomic mass is 10.0. The van der Waals surface area contributed by atoms with Crippen molar-refractivity contribution in [3.8, 4) is 5.75 Å². The van der Waals surface area contributed by atoms with Crippen LogP contribution in [0.5, 0.6) is 5.75 Å². The molecule has 0 saturated carbocycles. The third kappa shape index (κ3) is 5.11. The standard InChI is InChI=1S/C30H37N7O2/c1-33(2)23-8-11-37(20-23)30-31-27-21-36(28-19-24(39)18-22-6-3-4-7-25(22)28)12-9-26(27)29(32-30)35-15-13-34(14-16-35)10-5-17-38/h3-7,10,17-19,23,39H,8-9,11-16,20-21H2,1-2H3/t23-/m1/s1. The number of aldehydes is 1. The van der Waals surface area contributed by atoms with Crippen LogP contribution < -0.4 is 14.7 Å². The number of aromatic hydroxyl groups is 1. The van der Waals surface area contributed by atoms with E-state index in [1.165, 1.54) is 5.56 Å². The fraction of sp³-hybridized carbons (Fsp3) is 0.433. The van der Waals surface area contributed by atoms with E-state index in [0.29, 0.717) is 12.6 Å². The Bertz CT molecular complexity index is 1380. The van der Waals surface area contributed by atoms with Crippen LogP contribution in [0.15, 0.2) is 48.7 Å². The van der Waals surface area contributed by atoms with Gasteiger partial charge >= 0.3 is 0 Å². The summed E-state index contributed by atoms with van der Waals surface area (Å²) in [6.45, 7) is 6.81. The second kappa shape index (κ2) is 10.7. The minimum atomic E-state index is 0.284. The van der Waals surface area contributed by atoms with Crippen LogP contribution in [0.1, 0.15) is 17.7 Å². The Morgan fingerprint density at radius 2 is 1.79 bits per heavy atom. The molecule has 4 heterocycles. The molecule has 3 aliphatic rings. The van der Waals surface area contributed by atoms with Crippen LogP contribution in [0.25, 0.3) is 10.8 Å². The average molecular weight is 528 g/mol. The molecule has 2 aromatic carbocycles. The van der Waals surface area contributed by atoms with Crippen LogP contribution in [0, 0.1) is 0 Å². The second-order valence-corrected chi connectivity index (χ2v) is 11.0. The molecule has 0 radical (unpaired) electrons. The minimum Gasteiger partial charge on any atom is -0.508 e. The monoisotopic (exact) mass is 527 g/mol. The summed E-state index contributed by atoms with van der Waals surface area (Å²) in [5, 5.41) is 12.7. The first-order valence-corrected chi connectivity index (χ1v) is 13.9. The molecule has 2 saturated heterocycles. The summed E-state index contributed by atoms with van der Waals surface area (Å²) >= 11 is 0. The van der Waals surface area contributed by atoms with Gasteiger partial charge in [-0.05, 0) is 44.5 Å². The molecule has 0 unspecified atom stereocenters. The Labute approximate surface area is 229 Å². The SMILES string of the molecule is CN(C)[C@@H]1CCN(c2nc3c(c(N4CCN(C=CC=O)CC4)n2)CCN(c2cc(O)cc4ccccc24)C3)C1. The number of anilines is 3. The third-order valence-corrected chi connectivity index (χ3v) is 8.36. The Morgan fingerprint density at radius 3 is 2.56 bits per heavy atom. The van der Waals surface area contributed by atoms with Gasteiger partial charge in [0, 0.05) is 80.8 Å². The van der Waals surface area contributed by atoms with E-state index in [-0.39, 0.29) is 5.75 Å². The van der Waals surface area contributed by atoms with E-state index in [0.717, 1.165) is 98.9 Å². The van der Waals surface area contributed by atoms with Gasteiger partial charge in [0.25, 0.3) is 0 Å². The van der Waals surface area contributed by atoms with E-state index >= 15 is 0 Å². The molecule has 3 aliphatic heterocycles. The van der Waals surface area contributed by atoms with E-state index < -0.39 is 0 Å². The van der Waals surface area contributed by atoms with Crippen LogP contribution in [0.4, 0.5) is 17.5 Å². The number of hydrogen-bond donors (Lipinski definition) is 1. The van der Waals surface area contributed by atoms with Crippen molar-refractivity contribution >= 4 is 34.5 Å². The lowest BCUT2D eigenvalue weighted by Gasteiger charge is -2.38. The number of hydrogen-bond acceptors (Lipinski definition) is 9. The van der Waals surface area contributed by atoms with Gasteiger partial charge in [-0.15, -0.1) is 0 Å². The number of carbonyl (C=O) groups excluding carboxylic acids is 1. The molecule has 39 heavy (non-hydrogen) atoms. The minimum absolute atomic E-state index is 0.284. The Kier molecular flexibility index (Phi) is 6.99. The highest BCUT2D eigenvalue weighted by molar-refractivity contribution is 5.95. The number of allylic oxidation sites excluding steroid dienone is 1. The lowest BCUT2D eigenvalue weighted by Crippen LogP contribution is -2.45. The average Bonchev–Trinajstić information content (AvgIpc) is 3.46. The van der Waals surface area contributed by atoms with Crippen molar-refractivity contribution in [1.29, 1.82) is 0 Å². The van der Waals surface area contributed by atoms with Gasteiger partial charge in [0.05, 0.1) is 12.2 Å². The van der Waals surface area contributed by atoms with Crippen LogP contribution in [0.2, 0.25) is 0 Å². The second-order valence-electron chi connectivity index (χ2n) is 11.0. The third-order valence-electron chi connectivity index (χ3n) is 8.36. The normalized spacial score (nSPS) is 19.9. The zero-order chi connectivity index (χ0) is 26.9. The number of phenols is 1. The van der Waals surface area contributed by atoms with Gasteiger partial charge in [0.1, 0.15) is 17.9 Å². The highest BCUT2D eigenvalue weighted by Gasteiger charge is 2.31. The fourth-order valence-electron chi connectivity index (χ4n) is 6.13. The van der Waals surface area contributed by atoms with Gasteiger partial charge in [-0.25, -0.2) is 4.98 Å². The largest absolute Gasteiger partial charge is 0.508 e. The summed E-state index contributed by atoms with van der Waals surface area (Å²) in [4.78, 5) is 32.7. The van der Waals surface area contributed by atoms with Crippen molar-refractivity contribution in [2.75, 3.05) is 74.6 Å². The van der Waals surface area contributed by atoms with E-state index in [2.05, 4.69) is 50.7 Å². The van der Waals surface area contributed by atoms with Crippen LogP contribution >= 0.6 is 0 Å². The number of likely N-dealkylation sites (N-methyl/N-ethyl adjacent to an activating group) is 1. The number of fused-ring (bicyclic) bond motifs is 2. The highest BCUT2D eigenvalue weighted by Crippen LogP contribution is 2.37. The molecule has 0 amide bonds. The topological polar surface area (TPSA) is 79.3 Å². The predicted octanol–water partition coefficient (Wildman–Crippen LogP) is 2.87.